The van der Waals surface area contributed by atoms with E-state index < -0.39 is 0 Å². The number of hydrazone groups is 1. The molecular formula is C28H26ClN3O. The number of carbonyl (C=O) groups excluding carboxylic acids is 1. The highest BCUT2D eigenvalue weighted by Crippen LogP contribution is 2.29. The minimum absolute atomic E-state index is 0.299. The Bertz CT molecular complexity index is 1310. The molecular weight excluding hydrogens is 430 g/mol. The van der Waals surface area contributed by atoms with Gasteiger partial charge in [0, 0.05) is 10.9 Å². The number of hydrogen-bond acceptors (Lipinski definition) is 3. The molecule has 4 aromatic rings. The van der Waals surface area contributed by atoms with E-state index in [4.69, 9.17) is 16.6 Å². The Hall–Kier alpha value is -3.50. The molecule has 0 aliphatic carbocycles. The lowest BCUT2D eigenvalue weighted by atomic mass is 10.00. The van der Waals surface area contributed by atoms with Gasteiger partial charge in [0.25, 0.3) is 5.91 Å². The fourth-order valence-electron chi connectivity index (χ4n) is 3.74. The van der Waals surface area contributed by atoms with Gasteiger partial charge in [-0.2, -0.15) is 5.10 Å². The molecule has 0 aliphatic heterocycles. The fraction of sp³-hybridized carbons (Fsp3) is 0.179. The first-order valence-electron chi connectivity index (χ1n) is 11.1. The van der Waals surface area contributed by atoms with Crippen LogP contribution in [0.1, 0.15) is 54.6 Å². The SMILES string of the molecule is CC/C(=N/NC(=O)c1cc(-c2ccccc2)nc2c(Cl)cccc12)c1ccc(C(C)C)cc1. The maximum Gasteiger partial charge on any atom is 0.272 e. The van der Waals surface area contributed by atoms with Crippen molar-refractivity contribution in [3.8, 4) is 11.3 Å². The molecule has 0 saturated heterocycles. The molecule has 4 nitrogen and oxygen atoms in total. The number of nitrogens with one attached hydrogen (secondary N) is 1. The Labute approximate surface area is 199 Å². The highest BCUT2D eigenvalue weighted by Gasteiger charge is 2.16. The summed E-state index contributed by atoms with van der Waals surface area (Å²) in [6.45, 7) is 6.36. The molecule has 3 aromatic carbocycles. The van der Waals surface area contributed by atoms with Gasteiger partial charge in [0.05, 0.1) is 27.5 Å². The van der Waals surface area contributed by atoms with Crippen LogP contribution in [-0.2, 0) is 0 Å². The van der Waals surface area contributed by atoms with E-state index in [1.54, 1.807) is 12.1 Å². The van der Waals surface area contributed by atoms with Crippen molar-refractivity contribution in [3.05, 3.63) is 101 Å². The average Bonchev–Trinajstić information content (AvgIpc) is 2.85. The molecule has 1 amide bonds. The summed E-state index contributed by atoms with van der Waals surface area (Å²) in [4.78, 5) is 18.0. The van der Waals surface area contributed by atoms with Gasteiger partial charge in [-0.3, -0.25) is 4.79 Å². The van der Waals surface area contributed by atoms with Gasteiger partial charge in [-0.1, -0.05) is 99.1 Å². The molecule has 166 valence electrons. The quantitative estimate of drug-likeness (QED) is 0.246. The number of para-hydroxylation sites is 1. The normalized spacial score (nSPS) is 11.7. The van der Waals surface area contributed by atoms with E-state index in [0.29, 0.717) is 39.5 Å². The first kappa shape index (κ1) is 22.7. The Morgan fingerprint density at radius 2 is 1.73 bits per heavy atom. The third-order valence-electron chi connectivity index (χ3n) is 5.64. The van der Waals surface area contributed by atoms with Crippen LogP contribution in [0, 0.1) is 0 Å². The summed E-state index contributed by atoms with van der Waals surface area (Å²) in [6.07, 6.45) is 0.694. The molecule has 0 bridgehead atoms. The van der Waals surface area contributed by atoms with Crippen molar-refractivity contribution in [1.29, 1.82) is 0 Å². The molecule has 0 radical (unpaired) electrons. The minimum atomic E-state index is -0.299. The van der Waals surface area contributed by atoms with Crippen molar-refractivity contribution in [1.82, 2.24) is 10.4 Å². The number of fused-ring (bicyclic) bond motifs is 1. The summed E-state index contributed by atoms with van der Waals surface area (Å²) in [6, 6.07) is 25.3. The summed E-state index contributed by atoms with van der Waals surface area (Å²) in [5.74, 6) is 0.165. The van der Waals surface area contributed by atoms with Crippen LogP contribution in [0.5, 0.6) is 0 Å². The van der Waals surface area contributed by atoms with E-state index in [2.05, 4.69) is 48.6 Å². The van der Waals surface area contributed by atoms with E-state index in [9.17, 15) is 4.79 Å². The van der Waals surface area contributed by atoms with Gasteiger partial charge < -0.3 is 0 Å². The van der Waals surface area contributed by atoms with Crippen molar-refractivity contribution in [2.24, 2.45) is 5.10 Å². The average molecular weight is 456 g/mol. The largest absolute Gasteiger partial charge is 0.272 e. The maximum absolute atomic E-state index is 13.3. The van der Waals surface area contributed by atoms with Crippen molar-refractivity contribution in [2.45, 2.75) is 33.1 Å². The van der Waals surface area contributed by atoms with Gasteiger partial charge in [-0.25, -0.2) is 10.4 Å². The van der Waals surface area contributed by atoms with Crippen LogP contribution in [-0.4, -0.2) is 16.6 Å². The second kappa shape index (κ2) is 9.97. The zero-order valence-electron chi connectivity index (χ0n) is 19.0. The maximum atomic E-state index is 13.3. The summed E-state index contributed by atoms with van der Waals surface area (Å²) in [5.41, 5.74) is 8.51. The lowest BCUT2D eigenvalue weighted by Gasteiger charge is -2.11. The molecule has 33 heavy (non-hydrogen) atoms. The van der Waals surface area contributed by atoms with Crippen LogP contribution in [0.3, 0.4) is 0 Å². The highest BCUT2D eigenvalue weighted by molar-refractivity contribution is 6.35. The number of benzene rings is 3. The molecule has 0 aliphatic rings. The van der Waals surface area contributed by atoms with Crippen LogP contribution in [0.15, 0.2) is 84.0 Å². The van der Waals surface area contributed by atoms with Gasteiger partial charge in [-0.15, -0.1) is 0 Å². The predicted molar refractivity (Wildman–Crippen MR) is 137 cm³/mol. The molecule has 1 aromatic heterocycles. The van der Waals surface area contributed by atoms with Gasteiger partial charge in [0.1, 0.15) is 0 Å². The van der Waals surface area contributed by atoms with Gasteiger partial charge >= 0.3 is 0 Å². The lowest BCUT2D eigenvalue weighted by Crippen LogP contribution is -2.20. The van der Waals surface area contributed by atoms with E-state index >= 15 is 0 Å². The van der Waals surface area contributed by atoms with E-state index in [0.717, 1.165) is 16.8 Å². The van der Waals surface area contributed by atoms with Gasteiger partial charge in [0.15, 0.2) is 0 Å². The highest BCUT2D eigenvalue weighted by atomic mass is 35.5. The number of carbonyl (C=O) groups is 1. The van der Waals surface area contributed by atoms with Crippen LogP contribution in [0.25, 0.3) is 22.2 Å². The van der Waals surface area contributed by atoms with Crippen LogP contribution in [0.2, 0.25) is 5.02 Å². The van der Waals surface area contributed by atoms with E-state index in [-0.39, 0.29) is 5.91 Å². The molecule has 0 spiro atoms. The first-order chi connectivity index (χ1) is 16.0. The third kappa shape index (κ3) is 4.96. The topological polar surface area (TPSA) is 54.4 Å². The van der Waals surface area contributed by atoms with Crippen LogP contribution < -0.4 is 5.43 Å². The second-order valence-electron chi connectivity index (χ2n) is 8.19. The third-order valence-corrected chi connectivity index (χ3v) is 5.95. The summed E-state index contributed by atoms with van der Waals surface area (Å²) in [7, 11) is 0. The first-order valence-corrected chi connectivity index (χ1v) is 11.5. The fourth-order valence-corrected chi connectivity index (χ4v) is 3.96. The van der Waals surface area contributed by atoms with Crippen molar-refractivity contribution in [3.63, 3.8) is 0 Å². The Morgan fingerprint density at radius 1 is 1.00 bits per heavy atom. The summed E-state index contributed by atoms with van der Waals surface area (Å²) >= 11 is 6.44. The zero-order valence-corrected chi connectivity index (χ0v) is 19.7. The Balaban J connectivity index is 1.70. The number of aromatic nitrogens is 1. The van der Waals surface area contributed by atoms with Crippen LogP contribution >= 0.6 is 11.6 Å². The molecule has 5 heteroatoms. The standard InChI is InChI=1S/C28H26ClN3O/c1-4-25(21-15-13-19(14-16-21)18(2)3)31-32-28(33)23-17-26(20-9-6-5-7-10-20)30-27-22(23)11-8-12-24(27)29/h5-18H,4H2,1-3H3,(H,32,33)/b31-25-. The summed E-state index contributed by atoms with van der Waals surface area (Å²) < 4.78 is 0. The molecule has 0 unspecified atom stereocenters. The molecule has 0 saturated carbocycles. The van der Waals surface area contributed by atoms with Gasteiger partial charge in [0.2, 0.25) is 0 Å². The molecule has 0 atom stereocenters. The number of amides is 1. The monoisotopic (exact) mass is 455 g/mol. The number of halogens is 1. The second-order valence-corrected chi connectivity index (χ2v) is 8.59. The predicted octanol–water partition coefficient (Wildman–Crippen LogP) is 7.22. The Morgan fingerprint density at radius 3 is 2.39 bits per heavy atom. The smallest absolute Gasteiger partial charge is 0.267 e. The van der Waals surface area contributed by atoms with Crippen LogP contribution in [0.4, 0.5) is 0 Å². The lowest BCUT2D eigenvalue weighted by molar-refractivity contribution is 0.0956. The molecule has 1 N–H and O–H groups in total. The van der Waals surface area contributed by atoms with Gasteiger partial charge in [-0.05, 0) is 35.6 Å². The zero-order chi connectivity index (χ0) is 23.4. The number of rotatable bonds is 6. The molecule has 1 heterocycles. The van der Waals surface area contributed by atoms with Crippen molar-refractivity contribution < 1.29 is 4.79 Å². The number of hydrogen-bond donors (Lipinski definition) is 1. The van der Waals surface area contributed by atoms with E-state index in [1.165, 1.54) is 5.56 Å². The van der Waals surface area contributed by atoms with Crippen molar-refractivity contribution in [2.75, 3.05) is 0 Å². The number of nitrogens with zero attached hydrogens (tertiary/aromatic N) is 2. The van der Waals surface area contributed by atoms with E-state index in [1.807, 2.05) is 49.4 Å². The molecule has 0 fully saturated rings. The van der Waals surface area contributed by atoms with Crippen molar-refractivity contribution >= 4 is 34.1 Å². The summed E-state index contributed by atoms with van der Waals surface area (Å²) in [5, 5.41) is 5.65. The Kier molecular flexibility index (Phi) is 6.85. The number of pyridine rings is 1. The molecule has 4 rings (SSSR count). The minimum Gasteiger partial charge on any atom is -0.267 e.